The summed E-state index contributed by atoms with van der Waals surface area (Å²) >= 11 is 3.46. The quantitative estimate of drug-likeness (QED) is 0.787. The summed E-state index contributed by atoms with van der Waals surface area (Å²) in [5.74, 6) is 1.32. The standard InChI is InChI=1S/C13H19BrO3/c1-10(2)12-9-11(14)3-4-13(12)17-8-7-16-6-5-15/h3-4,9-10,15H,5-8H2,1-2H3. The Bertz CT molecular complexity index is 339. The lowest BCUT2D eigenvalue weighted by Crippen LogP contribution is -2.10. The highest BCUT2D eigenvalue weighted by Crippen LogP contribution is 2.29. The van der Waals surface area contributed by atoms with Gasteiger partial charge in [-0.05, 0) is 29.7 Å². The Hall–Kier alpha value is -0.580. The van der Waals surface area contributed by atoms with Crippen molar-refractivity contribution in [2.45, 2.75) is 19.8 Å². The average molecular weight is 303 g/mol. The zero-order valence-corrected chi connectivity index (χ0v) is 11.9. The van der Waals surface area contributed by atoms with E-state index in [1.807, 2.05) is 12.1 Å². The van der Waals surface area contributed by atoms with E-state index in [-0.39, 0.29) is 6.61 Å². The van der Waals surface area contributed by atoms with Crippen LogP contribution in [0.4, 0.5) is 0 Å². The van der Waals surface area contributed by atoms with Gasteiger partial charge in [-0.25, -0.2) is 0 Å². The second-order valence-electron chi connectivity index (χ2n) is 4.02. The van der Waals surface area contributed by atoms with E-state index in [9.17, 15) is 0 Å². The lowest BCUT2D eigenvalue weighted by molar-refractivity contribution is 0.0702. The summed E-state index contributed by atoms with van der Waals surface area (Å²) in [5, 5.41) is 8.56. The van der Waals surface area contributed by atoms with Gasteiger partial charge in [0, 0.05) is 4.47 Å². The first kappa shape index (κ1) is 14.5. The van der Waals surface area contributed by atoms with Crippen molar-refractivity contribution in [3.8, 4) is 5.75 Å². The molecular weight excluding hydrogens is 284 g/mol. The second-order valence-corrected chi connectivity index (χ2v) is 4.94. The first-order valence-corrected chi connectivity index (χ1v) is 6.55. The molecule has 0 atom stereocenters. The molecule has 0 amide bonds. The monoisotopic (exact) mass is 302 g/mol. The molecule has 1 N–H and O–H groups in total. The molecule has 0 unspecified atom stereocenters. The van der Waals surface area contributed by atoms with Gasteiger partial charge in [-0.3, -0.25) is 0 Å². The first-order valence-electron chi connectivity index (χ1n) is 5.76. The molecule has 3 nitrogen and oxygen atoms in total. The summed E-state index contributed by atoms with van der Waals surface area (Å²) < 4.78 is 11.9. The van der Waals surface area contributed by atoms with Gasteiger partial charge in [0.25, 0.3) is 0 Å². The molecule has 0 aromatic heterocycles. The predicted molar refractivity (Wildman–Crippen MR) is 71.6 cm³/mol. The molecule has 0 saturated heterocycles. The van der Waals surface area contributed by atoms with Gasteiger partial charge < -0.3 is 14.6 Å². The summed E-state index contributed by atoms with van der Waals surface area (Å²) in [6, 6.07) is 6.01. The fourth-order valence-electron chi connectivity index (χ4n) is 1.48. The topological polar surface area (TPSA) is 38.7 Å². The molecule has 0 saturated carbocycles. The van der Waals surface area contributed by atoms with Gasteiger partial charge in [0.1, 0.15) is 12.4 Å². The summed E-state index contributed by atoms with van der Waals surface area (Å²) in [7, 11) is 0. The minimum atomic E-state index is 0.0511. The van der Waals surface area contributed by atoms with Crippen LogP contribution >= 0.6 is 15.9 Å². The van der Waals surface area contributed by atoms with Crippen LogP contribution in [0.15, 0.2) is 22.7 Å². The molecular formula is C13H19BrO3. The van der Waals surface area contributed by atoms with Crippen molar-refractivity contribution < 1.29 is 14.6 Å². The number of hydrogen-bond acceptors (Lipinski definition) is 3. The molecule has 17 heavy (non-hydrogen) atoms. The zero-order chi connectivity index (χ0) is 12.7. The van der Waals surface area contributed by atoms with E-state index in [0.29, 0.717) is 25.7 Å². The van der Waals surface area contributed by atoms with Crippen LogP contribution in [0.2, 0.25) is 0 Å². The molecule has 0 radical (unpaired) electrons. The minimum absolute atomic E-state index is 0.0511. The molecule has 0 bridgehead atoms. The van der Waals surface area contributed by atoms with Gasteiger partial charge in [-0.1, -0.05) is 29.8 Å². The van der Waals surface area contributed by atoms with Gasteiger partial charge in [-0.2, -0.15) is 0 Å². The van der Waals surface area contributed by atoms with E-state index in [0.717, 1.165) is 10.2 Å². The lowest BCUT2D eigenvalue weighted by atomic mass is 10.0. The fraction of sp³-hybridized carbons (Fsp3) is 0.538. The summed E-state index contributed by atoms with van der Waals surface area (Å²) in [5.41, 5.74) is 1.18. The Morgan fingerprint density at radius 3 is 2.65 bits per heavy atom. The highest BCUT2D eigenvalue weighted by molar-refractivity contribution is 9.10. The number of benzene rings is 1. The molecule has 0 spiro atoms. The van der Waals surface area contributed by atoms with Gasteiger partial charge >= 0.3 is 0 Å². The maximum atomic E-state index is 8.56. The van der Waals surface area contributed by atoms with Crippen LogP contribution in [0.5, 0.6) is 5.75 Å². The van der Waals surface area contributed by atoms with Crippen LogP contribution in [-0.4, -0.2) is 31.5 Å². The van der Waals surface area contributed by atoms with Crippen LogP contribution in [0, 0.1) is 0 Å². The van der Waals surface area contributed by atoms with Crippen LogP contribution in [-0.2, 0) is 4.74 Å². The number of hydrogen-bond donors (Lipinski definition) is 1. The average Bonchev–Trinajstić information content (AvgIpc) is 2.30. The van der Waals surface area contributed by atoms with Gasteiger partial charge in [0.05, 0.1) is 19.8 Å². The molecule has 0 aliphatic rings. The van der Waals surface area contributed by atoms with E-state index in [1.54, 1.807) is 0 Å². The third-order valence-electron chi connectivity index (χ3n) is 2.31. The van der Waals surface area contributed by atoms with E-state index >= 15 is 0 Å². The Morgan fingerprint density at radius 1 is 1.24 bits per heavy atom. The van der Waals surface area contributed by atoms with E-state index in [1.165, 1.54) is 5.56 Å². The smallest absolute Gasteiger partial charge is 0.122 e. The third kappa shape index (κ3) is 5.06. The van der Waals surface area contributed by atoms with Gasteiger partial charge in [0.15, 0.2) is 0 Å². The zero-order valence-electron chi connectivity index (χ0n) is 10.3. The van der Waals surface area contributed by atoms with Crippen molar-refractivity contribution >= 4 is 15.9 Å². The van der Waals surface area contributed by atoms with Crippen molar-refractivity contribution in [2.24, 2.45) is 0 Å². The van der Waals surface area contributed by atoms with Crippen molar-refractivity contribution in [2.75, 3.05) is 26.4 Å². The fourth-order valence-corrected chi connectivity index (χ4v) is 1.86. The van der Waals surface area contributed by atoms with Crippen molar-refractivity contribution in [1.82, 2.24) is 0 Å². The number of halogens is 1. The predicted octanol–water partition coefficient (Wildman–Crippen LogP) is 2.96. The third-order valence-corrected chi connectivity index (χ3v) is 2.81. The van der Waals surface area contributed by atoms with E-state index in [2.05, 4.69) is 35.8 Å². The lowest BCUT2D eigenvalue weighted by Gasteiger charge is -2.14. The van der Waals surface area contributed by atoms with Gasteiger partial charge in [-0.15, -0.1) is 0 Å². The molecule has 0 heterocycles. The second kappa shape index (κ2) is 7.69. The summed E-state index contributed by atoms with van der Waals surface area (Å²) in [6.45, 7) is 5.68. The number of rotatable bonds is 7. The van der Waals surface area contributed by atoms with Crippen molar-refractivity contribution in [3.63, 3.8) is 0 Å². The molecule has 1 rings (SSSR count). The highest BCUT2D eigenvalue weighted by Gasteiger charge is 2.08. The molecule has 1 aromatic carbocycles. The molecule has 1 aromatic rings. The van der Waals surface area contributed by atoms with Crippen LogP contribution in [0.3, 0.4) is 0 Å². The molecule has 0 aliphatic heterocycles. The number of aliphatic hydroxyl groups excluding tert-OH is 1. The highest BCUT2D eigenvalue weighted by atomic mass is 79.9. The molecule has 4 heteroatoms. The van der Waals surface area contributed by atoms with E-state index in [4.69, 9.17) is 14.6 Å². The maximum absolute atomic E-state index is 8.56. The van der Waals surface area contributed by atoms with Gasteiger partial charge in [0.2, 0.25) is 0 Å². The van der Waals surface area contributed by atoms with Crippen molar-refractivity contribution in [3.05, 3.63) is 28.2 Å². The first-order chi connectivity index (χ1) is 8.15. The molecule has 0 aliphatic carbocycles. The normalized spacial score (nSPS) is 10.9. The number of aliphatic hydroxyl groups is 1. The van der Waals surface area contributed by atoms with Crippen molar-refractivity contribution in [1.29, 1.82) is 0 Å². The summed E-state index contributed by atoms with van der Waals surface area (Å²) in [4.78, 5) is 0. The maximum Gasteiger partial charge on any atom is 0.122 e. The van der Waals surface area contributed by atoms with Crippen LogP contribution < -0.4 is 4.74 Å². The minimum Gasteiger partial charge on any atom is -0.491 e. The Morgan fingerprint density at radius 2 is 2.00 bits per heavy atom. The molecule has 0 fully saturated rings. The largest absolute Gasteiger partial charge is 0.491 e. The SMILES string of the molecule is CC(C)c1cc(Br)ccc1OCCOCCO. The summed E-state index contributed by atoms with van der Waals surface area (Å²) in [6.07, 6.45) is 0. The van der Waals surface area contributed by atoms with E-state index < -0.39 is 0 Å². The van der Waals surface area contributed by atoms with Crippen LogP contribution in [0.1, 0.15) is 25.3 Å². The Kier molecular flexibility index (Phi) is 6.55. The van der Waals surface area contributed by atoms with Crippen LogP contribution in [0.25, 0.3) is 0 Å². The Labute approximate surface area is 111 Å². The molecule has 96 valence electrons. The number of ether oxygens (including phenoxy) is 2. The Balaban J connectivity index is 2.52.